The zero-order chi connectivity index (χ0) is 13.9. The van der Waals surface area contributed by atoms with Crippen LogP contribution in [-0.4, -0.2) is 45.0 Å². The molecule has 0 aliphatic heterocycles. The second-order valence-electron chi connectivity index (χ2n) is 4.56. The molecule has 5 nitrogen and oxygen atoms in total. The van der Waals surface area contributed by atoms with E-state index >= 15 is 0 Å². The summed E-state index contributed by atoms with van der Waals surface area (Å²) in [6.07, 6.45) is 1.27. The summed E-state index contributed by atoms with van der Waals surface area (Å²) in [5.74, 6) is 0.354. The number of nitrogens with zero attached hydrogens (tertiary/aromatic N) is 2. The fourth-order valence-electron chi connectivity index (χ4n) is 1.64. The monoisotopic (exact) mass is 311 g/mol. The smallest absolute Gasteiger partial charge is 0.251 e. The van der Waals surface area contributed by atoms with Crippen molar-refractivity contribution in [3.63, 3.8) is 0 Å². The molecular formula is C10H18ClN3O2S2. The SMILES string of the molecule is CC(C)C(CNS(=O)(=O)c1cnc(Cl)s1)N(C)C. The van der Waals surface area contributed by atoms with Gasteiger partial charge in [-0.2, -0.15) is 0 Å². The van der Waals surface area contributed by atoms with E-state index < -0.39 is 10.0 Å². The fraction of sp³-hybridized carbons (Fsp3) is 0.700. The first kappa shape index (κ1) is 15.8. The third-order valence-electron chi connectivity index (χ3n) is 2.64. The summed E-state index contributed by atoms with van der Waals surface area (Å²) in [6, 6.07) is 0.142. The Hall–Kier alpha value is -0.210. The Morgan fingerprint density at radius 1 is 1.50 bits per heavy atom. The van der Waals surface area contributed by atoms with Crippen LogP contribution in [0.25, 0.3) is 0 Å². The van der Waals surface area contributed by atoms with Crippen molar-refractivity contribution in [1.82, 2.24) is 14.6 Å². The molecule has 1 rings (SSSR count). The second-order valence-corrected chi connectivity index (χ2v) is 8.17. The lowest BCUT2D eigenvalue weighted by molar-refractivity contribution is 0.233. The predicted octanol–water partition coefficient (Wildman–Crippen LogP) is 1.66. The van der Waals surface area contributed by atoms with E-state index in [1.165, 1.54) is 6.20 Å². The van der Waals surface area contributed by atoms with Crippen molar-refractivity contribution >= 4 is 33.0 Å². The van der Waals surface area contributed by atoms with Crippen molar-refractivity contribution in [2.75, 3.05) is 20.6 Å². The third kappa shape index (κ3) is 4.17. The van der Waals surface area contributed by atoms with E-state index in [4.69, 9.17) is 11.6 Å². The summed E-state index contributed by atoms with van der Waals surface area (Å²) in [5.41, 5.74) is 0. The van der Waals surface area contributed by atoms with Gasteiger partial charge in [-0.3, -0.25) is 0 Å². The summed E-state index contributed by atoms with van der Waals surface area (Å²) in [7, 11) is 0.359. The molecule has 0 bridgehead atoms. The number of thiazole rings is 1. The predicted molar refractivity (Wildman–Crippen MR) is 74.6 cm³/mol. The zero-order valence-electron chi connectivity index (χ0n) is 10.8. The Morgan fingerprint density at radius 2 is 2.11 bits per heavy atom. The van der Waals surface area contributed by atoms with E-state index in [1.807, 2.05) is 19.0 Å². The maximum absolute atomic E-state index is 12.0. The van der Waals surface area contributed by atoms with E-state index in [-0.39, 0.29) is 14.7 Å². The van der Waals surface area contributed by atoms with Crippen LogP contribution in [0.1, 0.15) is 13.8 Å². The molecule has 0 aliphatic carbocycles. The van der Waals surface area contributed by atoms with E-state index in [9.17, 15) is 8.42 Å². The van der Waals surface area contributed by atoms with Gasteiger partial charge in [-0.05, 0) is 20.0 Å². The molecule has 0 saturated heterocycles. The molecule has 0 fully saturated rings. The van der Waals surface area contributed by atoms with E-state index in [2.05, 4.69) is 23.6 Å². The molecule has 1 heterocycles. The summed E-state index contributed by atoms with van der Waals surface area (Å²) in [6.45, 7) is 4.48. The second kappa shape index (κ2) is 6.29. The van der Waals surface area contributed by atoms with Gasteiger partial charge in [-0.25, -0.2) is 18.1 Å². The summed E-state index contributed by atoms with van der Waals surface area (Å²) < 4.78 is 26.9. The lowest BCUT2D eigenvalue weighted by Gasteiger charge is -2.27. The van der Waals surface area contributed by atoms with Gasteiger partial charge in [-0.1, -0.05) is 36.8 Å². The van der Waals surface area contributed by atoms with Crippen LogP contribution in [0.15, 0.2) is 10.4 Å². The maximum Gasteiger partial charge on any atom is 0.251 e. The number of rotatable bonds is 6. The quantitative estimate of drug-likeness (QED) is 0.868. The number of hydrogen-bond acceptors (Lipinski definition) is 5. The van der Waals surface area contributed by atoms with Gasteiger partial charge < -0.3 is 4.90 Å². The summed E-state index contributed by atoms with van der Waals surface area (Å²) >= 11 is 6.59. The van der Waals surface area contributed by atoms with Gasteiger partial charge in [0.1, 0.15) is 0 Å². The van der Waals surface area contributed by atoms with Gasteiger partial charge in [0, 0.05) is 12.6 Å². The molecular weight excluding hydrogens is 294 g/mol. The van der Waals surface area contributed by atoms with Crippen LogP contribution in [0.5, 0.6) is 0 Å². The minimum absolute atomic E-state index is 0.142. The number of hydrogen-bond donors (Lipinski definition) is 1. The van der Waals surface area contributed by atoms with Crippen LogP contribution in [-0.2, 0) is 10.0 Å². The van der Waals surface area contributed by atoms with Crippen LogP contribution < -0.4 is 4.72 Å². The zero-order valence-corrected chi connectivity index (χ0v) is 13.2. The highest BCUT2D eigenvalue weighted by molar-refractivity contribution is 7.91. The molecule has 1 N–H and O–H groups in total. The van der Waals surface area contributed by atoms with Crippen molar-refractivity contribution in [2.45, 2.75) is 24.1 Å². The van der Waals surface area contributed by atoms with E-state index in [0.29, 0.717) is 12.5 Å². The highest BCUT2D eigenvalue weighted by Crippen LogP contribution is 2.22. The third-order valence-corrected chi connectivity index (χ3v) is 5.64. The van der Waals surface area contributed by atoms with Gasteiger partial charge in [0.25, 0.3) is 10.0 Å². The first-order valence-electron chi connectivity index (χ1n) is 5.51. The number of nitrogens with one attached hydrogen (secondary N) is 1. The van der Waals surface area contributed by atoms with Gasteiger partial charge in [0.15, 0.2) is 8.68 Å². The minimum Gasteiger partial charge on any atom is -0.305 e. The normalized spacial score (nSPS) is 14.4. The van der Waals surface area contributed by atoms with Crippen LogP contribution >= 0.6 is 22.9 Å². The highest BCUT2D eigenvalue weighted by Gasteiger charge is 2.22. The van der Waals surface area contributed by atoms with Crippen molar-refractivity contribution < 1.29 is 8.42 Å². The Labute approximate surface area is 117 Å². The molecule has 1 atom stereocenters. The highest BCUT2D eigenvalue weighted by atomic mass is 35.5. The molecule has 0 radical (unpaired) electrons. The van der Waals surface area contributed by atoms with Crippen LogP contribution in [0.3, 0.4) is 0 Å². The van der Waals surface area contributed by atoms with E-state index in [1.54, 1.807) is 0 Å². The van der Waals surface area contributed by atoms with Gasteiger partial charge >= 0.3 is 0 Å². The summed E-state index contributed by atoms with van der Waals surface area (Å²) in [4.78, 5) is 5.74. The molecule has 18 heavy (non-hydrogen) atoms. The Kier molecular flexibility index (Phi) is 5.54. The van der Waals surface area contributed by atoms with Gasteiger partial charge in [0.2, 0.25) is 0 Å². The van der Waals surface area contributed by atoms with Crippen molar-refractivity contribution in [3.8, 4) is 0 Å². The minimum atomic E-state index is -3.51. The first-order valence-corrected chi connectivity index (χ1v) is 8.19. The molecule has 0 amide bonds. The average molecular weight is 312 g/mol. The number of halogens is 1. The molecule has 0 aromatic carbocycles. The van der Waals surface area contributed by atoms with Crippen LogP contribution in [0, 0.1) is 5.92 Å². The van der Waals surface area contributed by atoms with E-state index in [0.717, 1.165) is 11.3 Å². The number of aromatic nitrogens is 1. The molecule has 0 spiro atoms. The molecule has 104 valence electrons. The summed E-state index contributed by atoms with van der Waals surface area (Å²) in [5, 5.41) is 0. The van der Waals surface area contributed by atoms with Crippen molar-refractivity contribution in [3.05, 3.63) is 10.7 Å². The molecule has 0 aliphatic rings. The molecule has 1 aromatic rings. The Bertz CT molecular complexity index is 477. The number of likely N-dealkylation sites (N-methyl/N-ethyl adjacent to an activating group) is 1. The average Bonchev–Trinajstić information content (AvgIpc) is 2.64. The van der Waals surface area contributed by atoms with Crippen molar-refractivity contribution in [2.24, 2.45) is 5.92 Å². The number of sulfonamides is 1. The van der Waals surface area contributed by atoms with Crippen molar-refractivity contribution in [1.29, 1.82) is 0 Å². The van der Waals surface area contributed by atoms with Crippen LogP contribution in [0.2, 0.25) is 4.47 Å². The van der Waals surface area contributed by atoms with Crippen LogP contribution in [0.4, 0.5) is 0 Å². The Morgan fingerprint density at radius 3 is 2.50 bits per heavy atom. The maximum atomic E-state index is 12.0. The first-order chi connectivity index (χ1) is 8.24. The van der Waals surface area contributed by atoms with Gasteiger partial charge in [-0.15, -0.1) is 0 Å². The molecule has 8 heteroatoms. The molecule has 1 unspecified atom stereocenters. The largest absolute Gasteiger partial charge is 0.305 e. The fourth-order valence-corrected chi connectivity index (χ4v) is 4.03. The lowest BCUT2D eigenvalue weighted by atomic mass is 10.0. The lowest BCUT2D eigenvalue weighted by Crippen LogP contribution is -2.43. The topological polar surface area (TPSA) is 62.3 Å². The molecule has 1 aromatic heterocycles. The molecule has 0 saturated carbocycles. The van der Waals surface area contributed by atoms with Gasteiger partial charge in [0.05, 0.1) is 6.20 Å². The standard InChI is InChI=1S/C10H18ClN3O2S2/c1-7(2)8(14(3)4)5-13-18(15,16)9-6-12-10(11)17-9/h6-8,13H,5H2,1-4H3. The Balaban J connectivity index is 2.73.